The number of carbonyl (C=O) groups is 2. The van der Waals surface area contributed by atoms with Crippen LogP contribution < -0.4 is 5.73 Å². The van der Waals surface area contributed by atoms with E-state index in [-0.39, 0.29) is 12.2 Å². The van der Waals surface area contributed by atoms with Crippen molar-refractivity contribution in [1.82, 2.24) is 9.78 Å². The minimum atomic E-state index is -3.94. The van der Waals surface area contributed by atoms with Crippen molar-refractivity contribution >= 4 is 27.5 Å². The highest BCUT2D eigenvalue weighted by molar-refractivity contribution is 7.90. The molecular weight excluding hydrogens is 322 g/mol. The first-order valence-electron chi connectivity index (χ1n) is 6.49. The van der Waals surface area contributed by atoms with Crippen molar-refractivity contribution in [2.75, 3.05) is 19.1 Å². The molecule has 1 aromatic heterocycles. The van der Waals surface area contributed by atoms with Gasteiger partial charge in [-0.25, -0.2) is 13.2 Å². The van der Waals surface area contributed by atoms with Gasteiger partial charge in [0, 0.05) is 6.26 Å². The fraction of sp³-hybridized carbons (Fsp3) is 0.214. The average Bonchev–Trinajstić information content (AvgIpc) is 2.85. The van der Waals surface area contributed by atoms with Gasteiger partial charge in [0.25, 0.3) is 5.91 Å². The fourth-order valence-electron chi connectivity index (χ4n) is 2.07. The van der Waals surface area contributed by atoms with Crippen molar-refractivity contribution in [3.8, 4) is 0 Å². The molecule has 0 aliphatic heterocycles. The van der Waals surface area contributed by atoms with Crippen LogP contribution in [-0.4, -0.2) is 43.4 Å². The Morgan fingerprint density at radius 1 is 1.26 bits per heavy atom. The molecule has 2 aromatic rings. The van der Waals surface area contributed by atoms with E-state index in [0.717, 1.165) is 13.4 Å². The predicted molar refractivity (Wildman–Crippen MR) is 81.9 cm³/mol. The monoisotopic (exact) mass is 337 g/mol. The number of aromatic nitrogens is 2. The van der Waals surface area contributed by atoms with Crippen molar-refractivity contribution in [3.05, 3.63) is 41.5 Å². The third-order valence-electron chi connectivity index (χ3n) is 3.05. The zero-order valence-electron chi connectivity index (χ0n) is 12.5. The van der Waals surface area contributed by atoms with Gasteiger partial charge >= 0.3 is 5.97 Å². The lowest BCUT2D eigenvalue weighted by atomic mass is 10.1. The SMILES string of the molecule is COC(=O)c1c(N)nn(C(=O)Cc2ccccc2)c1S(C)(=O)=O. The summed E-state index contributed by atoms with van der Waals surface area (Å²) in [5.74, 6) is -1.97. The van der Waals surface area contributed by atoms with E-state index in [1.165, 1.54) is 0 Å². The Hall–Kier alpha value is -2.68. The summed E-state index contributed by atoms with van der Waals surface area (Å²) in [6.45, 7) is 0. The molecule has 1 heterocycles. The highest BCUT2D eigenvalue weighted by Crippen LogP contribution is 2.23. The fourth-order valence-corrected chi connectivity index (χ4v) is 3.08. The summed E-state index contributed by atoms with van der Waals surface area (Å²) in [5.41, 5.74) is 5.84. The molecule has 8 nitrogen and oxygen atoms in total. The zero-order valence-corrected chi connectivity index (χ0v) is 13.3. The number of nitrogens with zero attached hydrogens (tertiary/aromatic N) is 2. The van der Waals surface area contributed by atoms with Crippen LogP contribution in [0.15, 0.2) is 35.4 Å². The molecule has 0 radical (unpaired) electrons. The first-order chi connectivity index (χ1) is 10.8. The standard InChI is InChI=1S/C14H15N3O5S/c1-22-14(19)11-12(15)16-17(13(11)23(2,20)21)10(18)8-9-6-4-3-5-7-9/h3-7H,8H2,1-2H3,(H2,15,16). The number of rotatable bonds is 4. The second-order valence-electron chi connectivity index (χ2n) is 4.80. The molecule has 0 saturated carbocycles. The van der Waals surface area contributed by atoms with Crippen LogP contribution in [0, 0.1) is 0 Å². The largest absolute Gasteiger partial charge is 0.465 e. The summed E-state index contributed by atoms with van der Waals surface area (Å²) in [7, 11) is -2.86. The lowest BCUT2D eigenvalue weighted by Gasteiger charge is -2.06. The maximum Gasteiger partial charge on any atom is 0.344 e. The molecule has 0 unspecified atom stereocenters. The van der Waals surface area contributed by atoms with E-state index in [2.05, 4.69) is 9.84 Å². The van der Waals surface area contributed by atoms with Crippen LogP contribution in [0.4, 0.5) is 5.82 Å². The van der Waals surface area contributed by atoms with Gasteiger partial charge in [0.15, 0.2) is 20.7 Å². The van der Waals surface area contributed by atoms with Crippen molar-refractivity contribution in [2.24, 2.45) is 0 Å². The molecule has 0 fully saturated rings. The van der Waals surface area contributed by atoms with Gasteiger partial charge in [0.05, 0.1) is 13.5 Å². The van der Waals surface area contributed by atoms with Crippen LogP contribution in [0.2, 0.25) is 0 Å². The number of nitrogens with two attached hydrogens (primary N) is 1. The number of hydrogen-bond acceptors (Lipinski definition) is 7. The van der Waals surface area contributed by atoms with E-state index in [1.54, 1.807) is 30.3 Å². The number of sulfone groups is 1. The Kier molecular flexibility index (Phi) is 4.50. The molecule has 0 spiro atoms. The van der Waals surface area contributed by atoms with E-state index in [1.807, 2.05) is 0 Å². The van der Waals surface area contributed by atoms with E-state index in [9.17, 15) is 18.0 Å². The molecule has 2 N–H and O–H groups in total. The number of nitrogen functional groups attached to an aromatic ring is 1. The quantitative estimate of drug-likeness (QED) is 0.808. The number of anilines is 1. The Balaban J connectivity index is 2.55. The first kappa shape index (κ1) is 16.7. The molecule has 0 bridgehead atoms. The summed E-state index contributed by atoms with van der Waals surface area (Å²) in [6.07, 6.45) is 0.771. The maximum absolute atomic E-state index is 12.4. The third-order valence-corrected chi connectivity index (χ3v) is 4.12. The molecule has 0 aliphatic carbocycles. The van der Waals surface area contributed by atoms with Gasteiger partial charge in [-0.05, 0) is 5.56 Å². The summed E-state index contributed by atoms with van der Waals surface area (Å²) in [5, 5.41) is 3.14. The minimum Gasteiger partial charge on any atom is -0.465 e. The van der Waals surface area contributed by atoms with Crippen LogP contribution >= 0.6 is 0 Å². The molecule has 23 heavy (non-hydrogen) atoms. The van der Waals surface area contributed by atoms with Crippen LogP contribution in [0.1, 0.15) is 20.7 Å². The third kappa shape index (κ3) is 3.39. The van der Waals surface area contributed by atoms with E-state index < -0.39 is 32.3 Å². The van der Waals surface area contributed by atoms with Gasteiger partial charge in [0.2, 0.25) is 0 Å². The van der Waals surface area contributed by atoms with Gasteiger partial charge in [-0.15, -0.1) is 5.10 Å². The number of esters is 1. The second-order valence-corrected chi connectivity index (χ2v) is 6.73. The van der Waals surface area contributed by atoms with Crippen LogP contribution in [0.3, 0.4) is 0 Å². The highest BCUT2D eigenvalue weighted by atomic mass is 32.2. The number of methoxy groups -OCH3 is 1. The topological polar surface area (TPSA) is 121 Å². The predicted octanol–water partition coefficient (Wildman–Crippen LogP) is 0.538. The van der Waals surface area contributed by atoms with E-state index in [0.29, 0.717) is 10.2 Å². The van der Waals surface area contributed by atoms with Crippen molar-refractivity contribution in [2.45, 2.75) is 11.4 Å². The van der Waals surface area contributed by atoms with Gasteiger partial charge < -0.3 is 10.5 Å². The van der Waals surface area contributed by atoms with Crippen molar-refractivity contribution in [1.29, 1.82) is 0 Å². The Morgan fingerprint density at radius 2 is 1.87 bits per heavy atom. The molecule has 1 aromatic carbocycles. The lowest BCUT2D eigenvalue weighted by molar-refractivity contribution is 0.0597. The summed E-state index contributed by atoms with van der Waals surface area (Å²) in [6, 6.07) is 8.71. The van der Waals surface area contributed by atoms with Crippen LogP contribution in [-0.2, 0) is 21.0 Å². The van der Waals surface area contributed by atoms with Crippen LogP contribution in [0.25, 0.3) is 0 Å². The van der Waals surface area contributed by atoms with Crippen molar-refractivity contribution in [3.63, 3.8) is 0 Å². The van der Waals surface area contributed by atoms with E-state index in [4.69, 9.17) is 5.73 Å². The maximum atomic E-state index is 12.4. The second kappa shape index (κ2) is 6.21. The number of carbonyl (C=O) groups excluding carboxylic acids is 2. The van der Waals surface area contributed by atoms with Gasteiger partial charge in [-0.3, -0.25) is 4.79 Å². The molecule has 9 heteroatoms. The zero-order chi connectivity index (χ0) is 17.2. The molecule has 0 saturated heterocycles. The minimum absolute atomic E-state index is 0.0922. The first-order valence-corrected chi connectivity index (χ1v) is 8.39. The molecular formula is C14H15N3O5S. The van der Waals surface area contributed by atoms with Gasteiger partial charge in [0.1, 0.15) is 5.56 Å². The van der Waals surface area contributed by atoms with Crippen LogP contribution in [0.5, 0.6) is 0 Å². The number of benzene rings is 1. The molecule has 2 rings (SSSR count). The lowest BCUT2D eigenvalue weighted by Crippen LogP contribution is -2.21. The smallest absolute Gasteiger partial charge is 0.344 e. The highest BCUT2D eigenvalue weighted by Gasteiger charge is 2.32. The molecule has 0 amide bonds. The Bertz CT molecular complexity index is 856. The summed E-state index contributed by atoms with van der Waals surface area (Å²) in [4.78, 5) is 24.2. The molecule has 0 atom stereocenters. The summed E-state index contributed by atoms with van der Waals surface area (Å²) >= 11 is 0. The van der Waals surface area contributed by atoms with E-state index >= 15 is 0 Å². The molecule has 0 aliphatic rings. The van der Waals surface area contributed by atoms with Gasteiger partial charge in [-0.2, -0.15) is 4.68 Å². The number of hydrogen-bond donors (Lipinski definition) is 1. The normalized spacial score (nSPS) is 11.2. The molecule has 122 valence electrons. The average molecular weight is 337 g/mol. The Labute approximate surface area is 132 Å². The van der Waals surface area contributed by atoms with Crippen molar-refractivity contribution < 1.29 is 22.7 Å². The van der Waals surface area contributed by atoms with Gasteiger partial charge in [-0.1, -0.05) is 30.3 Å². The number of ether oxygens (including phenoxy) is 1. The summed E-state index contributed by atoms with van der Waals surface area (Å²) < 4.78 is 29.1. The Morgan fingerprint density at radius 3 is 2.39 bits per heavy atom.